The molecule has 5 heterocycles. The molecule has 0 bridgehead atoms. The third-order valence-corrected chi connectivity index (χ3v) is 28.2. The second kappa shape index (κ2) is 74.3. The number of halogens is 2. The average Bonchev–Trinajstić information content (AvgIpc) is 0.892. The normalized spacial score (nSPS) is 9.51. The standard InChI is InChI=1S/C26H24P.C18H15P.C12H11NS.3C11H9NS.C8H9Br.C4H5NOS.6CO2.BrH/c1-22-12-11-13-23(20-22)21-27(24-14-5-2-6-15-24,25-16-7-3-8-17-25)26-18-9-4-10-19-26;1-4-10-16(11-5-1)19(17-12-6-2-7-13-17)18-14-8-3-9-15-18;1-10-3-2-4-11(7-10)5-6-12-8-13-9-14-12;3*1-2-4-10(5-3-1)6-7-11-8-12-9-13-11;1-7-3-2-4-8(5-7)6-9;1-6-4-2-5-3-7-4;6*2-1-3;/h2-20H,21H2,1H3;1-15H;2-9H,1H3;3*1-9H;2-5H,6H2,1H3;2-3H,1H3;;;;;;;1H/q+1;;;;;;;;;;;;;;/p-1/b;;6-5+;2*7-6+;7-6-;;;;;;;;;. The van der Waals surface area contributed by atoms with Gasteiger partial charge in [0.15, 0.2) is 5.06 Å². The number of thiazole rings is 5. The Balaban J connectivity index is 0.000000392. The van der Waals surface area contributed by atoms with Crippen LogP contribution in [0.15, 0.2) is 404 Å². The summed E-state index contributed by atoms with van der Waals surface area (Å²) < 4.78 is 4.81. The van der Waals surface area contributed by atoms with Gasteiger partial charge in [0, 0.05) is 49.6 Å². The van der Waals surface area contributed by atoms with Crippen LogP contribution in [0.3, 0.4) is 0 Å². The van der Waals surface area contributed by atoms with Crippen molar-refractivity contribution in [2.45, 2.75) is 32.3 Å². The molecule has 17 aromatic rings. The monoisotopic (exact) mass is 2030 g/mol. The van der Waals surface area contributed by atoms with Crippen molar-refractivity contribution in [2.24, 2.45) is 0 Å². The molecule has 0 atom stereocenters. The Labute approximate surface area is 820 Å². The summed E-state index contributed by atoms with van der Waals surface area (Å²) in [5.74, 6) is 0. The first-order valence-electron chi connectivity index (χ1n) is 39.7. The molecule has 0 radical (unpaired) electrons. The van der Waals surface area contributed by atoms with E-state index in [-0.39, 0.29) is 53.9 Å². The lowest BCUT2D eigenvalue weighted by molar-refractivity contribution is -0.193. The quantitative estimate of drug-likeness (QED) is 0.0570. The predicted octanol–water partition coefficient (Wildman–Crippen LogP) is 20.0. The molecule has 0 aliphatic carbocycles. The minimum Gasteiger partial charge on any atom is -1.00 e. The van der Waals surface area contributed by atoms with Crippen molar-refractivity contribution in [1.82, 2.24) is 24.9 Å². The number of benzene rings is 12. The van der Waals surface area contributed by atoms with Crippen LogP contribution in [0.2, 0.25) is 0 Å². The topological polar surface area (TPSA) is 279 Å². The molecule has 676 valence electrons. The molecule has 0 saturated heterocycles. The molecule has 0 unspecified atom stereocenters. The fourth-order valence-corrected chi connectivity index (χ4v) is 20.9. The summed E-state index contributed by atoms with van der Waals surface area (Å²) in [7, 11) is -0.609. The molecule has 0 N–H and O–H groups in total. The van der Waals surface area contributed by atoms with Crippen LogP contribution in [0, 0.1) is 20.8 Å². The number of carbonyl (C=O) groups excluding carboxylic acids is 12. The minimum absolute atomic E-state index is 0. The number of rotatable bonds is 18. The van der Waals surface area contributed by atoms with E-state index in [1.807, 2.05) is 101 Å². The van der Waals surface area contributed by atoms with Gasteiger partial charge in [-0.1, -0.05) is 378 Å². The van der Waals surface area contributed by atoms with Crippen molar-refractivity contribution < 1.29 is 79.3 Å². The van der Waals surface area contributed by atoms with E-state index in [0.29, 0.717) is 0 Å². The van der Waals surface area contributed by atoms with Crippen LogP contribution in [-0.4, -0.2) is 68.9 Å². The van der Waals surface area contributed by atoms with Gasteiger partial charge in [-0.25, -0.2) is 4.98 Å². The first-order chi connectivity index (χ1) is 65.2. The largest absolute Gasteiger partial charge is 1.00 e. The highest BCUT2D eigenvalue weighted by Gasteiger charge is 2.45. The van der Waals surface area contributed by atoms with Gasteiger partial charge < -0.3 is 21.7 Å². The Hall–Kier alpha value is -14.4. The fraction of sp³-hybridized carbons (Fsp3) is 0.0561. The number of ether oxygens (including phenoxy) is 1. The Kier molecular flexibility index (Phi) is 63.1. The van der Waals surface area contributed by atoms with Crippen molar-refractivity contribution in [3.8, 4) is 5.06 Å². The zero-order valence-electron chi connectivity index (χ0n) is 73.0. The van der Waals surface area contributed by atoms with Crippen molar-refractivity contribution in [1.29, 1.82) is 0 Å². The Morgan fingerprint density at radius 3 is 0.769 bits per heavy atom. The van der Waals surface area contributed by atoms with E-state index >= 15 is 0 Å². The molecule has 0 spiro atoms. The van der Waals surface area contributed by atoms with Crippen LogP contribution in [0.1, 0.15) is 69.6 Å². The van der Waals surface area contributed by atoms with E-state index in [0.717, 1.165) is 16.6 Å². The zero-order chi connectivity index (χ0) is 96.1. The summed E-state index contributed by atoms with van der Waals surface area (Å²) in [4.78, 5) is 122. The average molecular weight is 2040 g/mol. The highest BCUT2D eigenvalue weighted by molar-refractivity contribution is 9.08. The van der Waals surface area contributed by atoms with Crippen LogP contribution in [0.5, 0.6) is 5.06 Å². The lowest BCUT2D eigenvalue weighted by atomic mass is 10.1. The summed E-state index contributed by atoms with van der Waals surface area (Å²) in [6, 6.07) is 122. The van der Waals surface area contributed by atoms with Crippen molar-refractivity contribution in [3.63, 3.8) is 0 Å². The maximum absolute atomic E-state index is 8.12. The number of hydrogen-bond donors (Lipinski definition) is 0. The number of hydrogen-bond acceptors (Lipinski definition) is 23. The molecule has 0 amide bonds. The predicted molar refractivity (Wildman–Crippen MR) is 542 cm³/mol. The molecule has 0 aliphatic heterocycles. The van der Waals surface area contributed by atoms with E-state index in [9.17, 15) is 0 Å². The fourth-order valence-electron chi connectivity index (χ4n) is 11.5. The highest BCUT2D eigenvalue weighted by atomic mass is 79.9. The lowest BCUT2D eigenvalue weighted by Gasteiger charge is -2.28. The van der Waals surface area contributed by atoms with E-state index in [1.165, 1.54) is 113 Å². The zero-order valence-corrected chi connectivity index (χ0v) is 82.0. The van der Waals surface area contributed by atoms with Crippen LogP contribution >= 0.6 is 87.8 Å². The molecule has 0 fully saturated rings. The summed E-state index contributed by atoms with van der Waals surface area (Å²) in [6.07, 6.45) is 28.4. The third kappa shape index (κ3) is 48.5. The summed E-state index contributed by atoms with van der Waals surface area (Å²) in [6.45, 7) is 6.38. The first-order valence-corrected chi connectivity index (χ1v) is 48.6. The van der Waals surface area contributed by atoms with Crippen LogP contribution in [0.4, 0.5) is 0 Å². The van der Waals surface area contributed by atoms with Gasteiger partial charge in [-0.05, 0) is 139 Å². The molecule has 134 heavy (non-hydrogen) atoms. The van der Waals surface area contributed by atoms with Crippen LogP contribution < -0.4 is 53.5 Å². The van der Waals surface area contributed by atoms with E-state index < -0.39 is 15.2 Å². The molecule has 5 aromatic heterocycles. The lowest BCUT2D eigenvalue weighted by Crippen LogP contribution is -3.00. The van der Waals surface area contributed by atoms with Crippen molar-refractivity contribution in [3.05, 3.63) is 474 Å². The molecule has 27 heteroatoms. The summed E-state index contributed by atoms with van der Waals surface area (Å²) in [5.41, 5.74) is 20.7. The van der Waals surface area contributed by atoms with Gasteiger partial charge in [-0.3, -0.25) is 19.9 Å². The van der Waals surface area contributed by atoms with Gasteiger partial charge in [0.1, 0.15) is 23.2 Å². The summed E-state index contributed by atoms with van der Waals surface area (Å²) in [5, 5.41) is 10.3. The smallest absolute Gasteiger partial charge is 0.373 e. The maximum Gasteiger partial charge on any atom is 0.373 e. The number of aryl methyl sites for hydroxylation is 3. The minimum atomic E-state index is -1.79. The first kappa shape index (κ1) is 114. The molecule has 0 saturated carbocycles. The van der Waals surface area contributed by atoms with E-state index in [4.69, 9.17) is 62.3 Å². The van der Waals surface area contributed by atoms with Crippen LogP contribution in [0.25, 0.3) is 48.6 Å². The van der Waals surface area contributed by atoms with Gasteiger partial charge in [0.2, 0.25) is 0 Å². The molecular weight excluding hydrogens is 1950 g/mol. The van der Waals surface area contributed by atoms with E-state index in [2.05, 4.69) is 401 Å². The number of methoxy groups -OCH3 is 1. The van der Waals surface area contributed by atoms with Gasteiger partial charge in [-0.2, -0.15) is 57.5 Å². The van der Waals surface area contributed by atoms with Crippen molar-refractivity contribution in [2.75, 3.05) is 7.11 Å². The number of nitrogens with zero attached hydrogens (tertiary/aromatic N) is 5. The SMILES string of the molecule is C(=C/c1cncs1)/c1ccccc1.C(=C\c1cncs1)/c1ccccc1.C(=C\c1cncs1)/c1ccccc1.COc1cncs1.Cc1cccc(/C=C/c2cncs2)c1.Cc1cccc(CBr)c1.Cc1cccc(C[P+](c2ccccc2)(c2ccccc2)c2ccccc2)c1.O=C=O.O=C=O.O=C=O.O=C=O.O=C=O.O=C=O.[Br-].c1ccc(P(c2ccccc2)c2ccccc2)cc1. The van der Waals surface area contributed by atoms with Crippen LogP contribution in [-0.2, 0) is 69.0 Å². The number of aromatic nitrogens is 5. The van der Waals surface area contributed by atoms with E-state index in [1.54, 1.807) is 64.2 Å². The van der Waals surface area contributed by atoms with Gasteiger partial charge in [-0.15, -0.1) is 45.3 Å². The Morgan fingerprint density at radius 1 is 0.291 bits per heavy atom. The number of alkyl halides is 1. The molecule has 18 nitrogen and oxygen atoms in total. The summed E-state index contributed by atoms with van der Waals surface area (Å²) >= 11 is 11.5. The Bertz CT molecular complexity index is 5730. The van der Waals surface area contributed by atoms with Crippen molar-refractivity contribution >= 4 is 205 Å². The van der Waals surface area contributed by atoms with Gasteiger partial charge in [0.05, 0.1) is 47.0 Å². The maximum atomic E-state index is 8.12. The van der Waals surface area contributed by atoms with Gasteiger partial charge >= 0.3 is 36.9 Å². The second-order valence-electron chi connectivity index (χ2n) is 26.0. The third-order valence-electron chi connectivity index (χ3n) is 17.0. The molecule has 12 aromatic carbocycles. The highest BCUT2D eigenvalue weighted by Crippen LogP contribution is 2.58. The molecule has 0 aliphatic rings. The molecule has 17 rings (SSSR count). The Morgan fingerprint density at radius 2 is 0.530 bits per heavy atom. The van der Waals surface area contributed by atoms with Gasteiger partial charge in [0.25, 0.3) is 0 Å². The second-order valence-corrected chi connectivity index (χ2v) is 36.8. The molecular formula is C107H91Br2N5O13P2S5.